The zero-order chi connectivity index (χ0) is 20.4. The molecule has 1 N–H and O–H groups in total. The molecule has 0 spiro atoms. The molecule has 0 saturated heterocycles. The van der Waals surface area contributed by atoms with Crippen molar-refractivity contribution in [3.63, 3.8) is 0 Å². The molecule has 144 valence electrons. The number of nitro benzene ring substituents is 1. The minimum Gasteiger partial charge on any atom is -0.422 e. The molecule has 0 fully saturated rings. The first-order valence-corrected chi connectivity index (χ1v) is 9.42. The summed E-state index contributed by atoms with van der Waals surface area (Å²) < 4.78 is 5.28. The predicted octanol–water partition coefficient (Wildman–Crippen LogP) is 4.92. The molecule has 0 radical (unpaired) electrons. The van der Waals surface area contributed by atoms with Crippen LogP contribution in [0.15, 0.2) is 69.0 Å². The van der Waals surface area contributed by atoms with Crippen LogP contribution < -0.4 is 11.1 Å². The Balaban J connectivity index is 1.59. The summed E-state index contributed by atoms with van der Waals surface area (Å²) in [6, 6.07) is 12.8. The molecule has 29 heavy (non-hydrogen) atoms. The fourth-order valence-electron chi connectivity index (χ4n) is 2.56. The number of rotatable bonds is 5. The number of benzene rings is 2. The number of fused-ring (bicyclic) bond motifs is 1. The molecule has 4 aromatic rings. The van der Waals surface area contributed by atoms with E-state index in [0.29, 0.717) is 20.4 Å². The SMILES string of the molecule is O=c1oc2ccc([N+](=O)[O-])cc2cc1-c1cnc(N/N=C/c2ccc(Cl)cc2)s1. The Bertz CT molecular complexity index is 1300. The van der Waals surface area contributed by atoms with Gasteiger partial charge in [-0.05, 0) is 29.8 Å². The second kappa shape index (κ2) is 7.82. The zero-order valence-corrected chi connectivity index (χ0v) is 16.1. The van der Waals surface area contributed by atoms with Crippen LogP contribution >= 0.6 is 22.9 Å². The fourth-order valence-corrected chi connectivity index (χ4v) is 3.45. The highest BCUT2D eigenvalue weighted by molar-refractivity contribution is 7.18. The van der Waals surface area contributed by atoms with Crippen molar-refractivity contribution in [3.05, 3.63) is 85.8 Å². The van der Waals surface area contributed by atoms with Crippen molar-refractivity contribution in [1.82, 2.24) is 4.98 Å². The molecule has 0 bridgehead atoms. The van der Waals surface area contributed by atoms with Crippen molar-refractivity contribution in [2.75, 3.05) is 5.43 Å². The summed E-state index contributed by atoms with van der Waals surface area (Å²) in [5, 5.41) is 16.6. The van der Waals surface area contributed by atoms with E-state index in [2.05, 4.69) is 15.5 Å². The minimum absolute atomic E-state index is 0.0829. The first-order valence-electron chi connectivity index (χ1n) is 8.23. The van der Waals surface area contributed by atoms with Gasteiger partial charge in [-0.1, -0.05) is 35.1 Å². The maximum absolute atomic E-state index is 12.3. The molecule has 10 heteroatoms. The van der Waals surface area contributed by atoms with Gasteiger partial charge in [0.05, 0.1) is 21.6 Å². The topological polar surface area (TPSA) is 111 Å². The Kier molecular flexibility index (Phi) is 5.07. The Morgan fingerprint density at radius 1 is 1.21 bits per heavy atom. The van der Waals surface area contributed by atoms with Gasteiger partial charge in [-0.2, -0.15) is 5.10 Å². The predicted molar refractivity (Wildman–Crippen MR) is 113 cm³/mol. The lowest BCUT2D eigenvalue weighted by Crippen LogP contribution is -2.01. The molecule has 2 aromatic heterocycles. The Hall–Kier alpha value is -3.56. The van der Waals surface area contributed by atoms with Crippen LogP contribution in [0.3, 0.4) is 0 Å². The van der Waals surface area contributed by atoms with Crippen LogP contribution in [0.5, 0.6) is 0 Å². The molecule has 0 amide bonds. The third-order valence-electron chi connectivity index (χ3n) is 3.94. The van der Waals surface area contributed by atoms with E-state index < -0.39 is 10.5 Å². The van der Waals surface area contributed by atoms with Crippen molar-refractivity contribution in [2.45, 2.75) is 0 Å². The number of nitro groups is 1. The van der Waals surface area contributed by atoms with Gasteiger partial charge in [0, 0.05) is 28.7 Å². The summed E-state index contributed by atoms with van der Waals surface area (Å²) in [5.41, 5.74) is 3.57. The van der Waals surface area contributed by atoms with E-state index in [1.54, 1.807) is 24.4 Å². The van der Waals surface area contributed by atoms with Crippen LogP contribution in [0, 0.1) is 10.1 Å². The lowest BCUT2D eigenvalue weighted by atomic mass is 10.1. The van der Waals surface area contributed by atoms with Crippen LogP contribution in [0.2, 0.25) is 5.02 Å². The molecule has 0 unspecified atom stereocenters. The maximum atomic E-state index is 12.3. The first kappa shape index (κ1) is 18.8. The monoisotopic (exact) mass is 426 g/mol. The summed E-state index contributed by atoms with van der Waals surface area (Å²) in [5.74, 6) is 0. The average Bonchev–Trinajstić information content (AvgIpc) is 3.17. The summed E-state index contributed by atoms with van der Waals surface area (Å²) in [6.07, 6.45) is 3.13. The van der Waals surface area contributed by atoms with Crippen molar-refractivity contribution in [1.29, 1.82) is 0 Å². The van der Waals surface area contributed by atoms with Crippen LogP contribution in [0.25, 0.3) is 21.4 Å². The standard InChI is InChI=1S/C19H11ClN4O4S/c20-13-3-1-11(2-4-13)9-22-23-19-21-10-17(29-19)15-8-12-7-14(24(26)27)5-6-16(12)28-18(15)25/h1-10H,(H,21,23)/b22-9+. The molecule has 0 aliphatic carbocycles. The van der Waals surface area contributed by atoms with Gasteiger partial charge in [0.15, 0.2) is 0 Å². The first-order chi connectivity index (χ1) is 14.0. The van der Waals surface area contributed by atoms with E-state index in [1.165, 1.54) is 35.7 Å². The lowest BCUT2D eigenvalue weighted by Gasteiger charge is -2.00. The summed E-state index contributed by atoms with van der Waals surface area (Å²) in [7, 11) is 0. The van der Waals surface area contributed by atoms with Gasteiger partial charge in [0.2, 0.25) is 5.13 Å². The number of thiazole rings is 1. The number of hydrazone groups is 1. The van der Waals surface area contributed by atoms with Crippen LogP contribution in [-0.4, -0.2) is 16.1 Å². The number of hydrogen-bond acceptors (Lipinski definition) is 8. The number of anilines is 1. The van der Waals surface area contributed by atoms with E-state index in [1.807, 2.05) is 12.1 Å². The maximum Gasteiger partial charge on any atom is 0.345 e. The third kappa shape index (κ3) is 4.15. The highest BCUT2D eigenvalue weighted by Gasteiger charge is 2.14. The number of nitrogens with zero attached hydrogens (tertiary/aromatic N) is 3. The van der Waals surface area contributed by atoms with E-state index in [4.69, 9.17) is 16.0 Å². The summed E-state index contributed by atoms with van der Waals surface area (Å²) in [6.45, 7) is 0. The molecule has 8 nitrogen and oxygen atoms in total. The average molecular weight is 427 g/mol. The summed E-state index contributed by atoms with van der Waals surface area (Å²) >= 11 is 7.05. The molecule has 0 atom stereocenters. The normalized spacial score (nSPS) is 11.2. The van der Waals surface area contributed by atoms with E-state index >= 15 is 0 Å². The Labute approximate surface area is 172 Å². The lowest BCUT2D eigenvalue weighted by molar-refractivity contribution is -0.384. The minimum atomic E-state index is -0.550. The Morgan fingerprint density at radius 2 is 2.00 bits per heavy atom. The second-order valence-corrected chi connectivity index (χ2v) is 7.35. The van der Waals surface area contributed by atoms with E-state index in [0.717, 1.165) is 5.56 Å². The van der Waals surface area contributed by atoms with Crippen molar-refractivity contribution >= 4 is 50.9 Å². The van der Waals surface area contributed by atoms with Crippen molar-refractivity contribution in [2.24, 2.45) is 5.10 Å². The van der Waals surface area contributed by atoms with Crippen LogP contribution in [0.1, 0.15) is 5.56 Å². The van der Waals surface area contributed by atoms with Crippen molar-refractivity contribution < 1.29 is 9.34 Å². The van der Waals surface area contributed by atoms with Gasteiger partial charge in [-0.15, -0.1) is 0 Å². The van der Waals surface area contributed by atoms with Crippen LogP contribution in [-0.2, 0) is 0 Å². The number of halogens is 1. The van der Waals surface area contributed by atoms with Gasteiger partial charge in [-0.25, -0.2) is 9.78 Å². The number of hydrogen-bond donors (Lipinski definition) is 1. The smallest absolute Gasteiger partial charge is 0.345 e. The van der Waals surface area contributed by atoms with Gasteiger partial charge in [-0.3, -0.25) is 15.5 Å². The van der Waals surface area contributed by atoms with E-state index in [9.17, 15) is 14.9 Å². The van der Waals surface area contributed by atoms with Crippen LogP contribution in [0.4, 0.5) is 10.8 Å². The number of non-ortho nitro benzene ring substituents is 1. The largest absolute Gasteiger partial charge is 0.422 e. The van der Waals surface area contributed by atoms with Crippen molar-refractivity contribution in [3.8, 4) is 10.4 Å². The quantitative estimate of drug-likeness (QED) is 0.210. The molecule has 2 aromatic carbocycles. The van der Waals surface area contributed by atoms with Gasteiger partial charge >= 0.3 is 5.63 Å². The number of aromatic nitrogens is 1. The Morgan fingerprint density at radius 3 is 2.76 bits per heavy atom. The zero-order valence-electron chi connectivity index (χ0n) is 14.5. The summed E-state index contributed by atoms with van der Waals surface area (Å²) in [4.78, 5) is 27.5. The molecular weight excluding hydrogens is 416 g/mol. The van der Waals surface area contributed by atoms with E-state index in [-0.39, 0.29) is 16.8 Å². The molecule has 2 heterocycles. The van der Waals surface area contributed by atoms with Gasteiger partial charge < -0.3 is 4.42 Å². The highest BCUT2D eigenvalue weighted by atomic mass is 35.5. The number of nitrogens with one attached hydrogen (secondary N) is 1. The second-order valence-electron chi connectivity index (χ2n) is 5.88. The molecule has 4 rings (SSSR count). The fraction of sp³-hybridized carbons (Fsp3) is 0. The highest BCUT2D eigenvalue weighted by Crippen LogP contribution is 2.29. The molecule has 0 aliphatic rings. The van der Waals surface area contributed by atoms with Gasteiger partial charge in [0.1, 0.15) is 5.58 Å². The molecular formula is C19H11ClN4O4S. The third-order valence-corrected chi connectivity index (χ3v) is 5.13. The molecule has 0 aliphatic heterocycles. The molecule has 0 saturated carbocycles. The van der Waals surface area contributed by atoms with Gasteiger partial charge in [0.25, 0.3) is 5.69 Å².